The van der Waals surface area contributed by atoms with Gasteiger partial charge in [0.1, 0.15) is 5.75 Å². The number of phenolic OH excluding ortho intramolecular Hbond substituents is 1. The molecule has 0 spiro atoms. The first-order valence-corrected chi connectivity index (χ1v) is 4.41. The molecule has 1 aromatic rings. The fourth-order valence-corrected chi connectivity index (χ4v) is 0.947. The number of hydrogen-bond acceptors (Lipinski definition) is 3. The highest BCUT2D eigenvalue weighted by Crippen LogP contribution is 2.12. The zero-order valence-electron chi connectivity index (χ0n) is 8.01. The number of aliphatic imine (C=N–C) groups is 1. The minimum absolute atomic E-state index is 0.0860. The summed E-state index contributed by atoms with van der Waals surface area (Å²) in [7, 11) is 0. The molecular weight excluding hydrogens is 176 g/mol. The SMILES string of the molecule is CC(C#N)CN=Cc1ccccc1O. The van der Waals surface area contributed by atoms with E-state index in [1.807, 2.05) is 13.0 Å². The molecule has 3 nitrogen and oxygen atoms in total. The van der Waals surface area contributed by atoms with Crippen LogP contribution in [-0.4, -0.2) is 17.9 Å². The number of rotatable bonds is 3. The smallest absolute Gasteiger partial charge is 0.124 e. The molecule has 0 amide bonds. The molecule has 0 aliphatic rings. The Labute approximate surface area is 83.3 Å². The van der Waals surface area contributed by atoms with E-state index in [4.69, 9.17) is 5.26 Å². The second-order valence-electron chi connectivity index (χ2n) is 3.08. The van der Waals surface area contributed by atoms with E-state index in [9.17, 15) is 5.11 Å². The first kappa shape index (κ1) is 10.3. The van der Waals surface area contributed by atoms with E-state index in [1.165, 1.54) is 0 Å². The van der Waals surface area contributed by atoms with Crippen LogP contribution in [-0.2, 0) is 0 Å². The van der Waals surface area contributed by atoms with Gasteiger partial charge < -0.3 is 5.11 Å². The maximum absolute atomic E-state index is 9.38. The van der Waals surface area contributed by atoms with Gasteiger partial charge in [-0.3, -0.25) is 4.99 Å². The molecular formula is C11H12N2O. The van der Waals surface area contributed by atoms with E-state index in [-0.39, 0.29) is 11.7 Å². The topological polar surface area (TPSA) is 56.4 Å². The predicted molar refractivity (Wildman–Crippen MR) is 55.3 cm³/mol. The van der Waals surface area contributed by atoms with Gasteiger partial charge in [0.25, 0.3) is 0 Å². The maximum atomic E-state index is 9.38. The second-order valence-corrected chi connectivity index (χ2v) is 3.08. The minimum Gasteiger partial charge on any atom is -0.507 e. The summed E-state index contributed by atoms with van der Waals surface area (Å²) >= 11 is 0. The Balaban J connectivity index is 2.61. The summed E-state index contributed by atoms with van der Waals surface area (Å²) in [6.45, 7) is 2.27. The van der Waals surface area contributed by atoms with Crippen LogP contribution in [0.4, 0.5) is 0 Å². The first-order chi connectivity index (χ1) is 6.74. The van der Waals surface area contributed by atoms with Crippen LogP contribution >= 0.6 is 0 Å². The largest absolute Gasteiger partial charge is 0.507 e. The third kappa shape index (κ3) is 2.91. The van der Waals surface area contributed by atoms with Gasteiger partial charge in [0, 0.05) is 11.8 Å². The van der Waals surface area contributed by atoms with E-state index in [0.717, 1.165) is 0 Å². The molecule has 0 aliphatic carbocycles. The maximum Gasteiger partial charge on any atom is 0.124 e. The van der Waals surface area contributed by atoms with Gasteiger partial charge >= 0.3 is 0 Å². The summed E-state index contributed by atoms with van der Waals surface area (Å²) in [5, 5.41) is 17.9. The van der Waals surface area contributed by atoms with Crippen molar-refractivity contribution in [2.45, 2.75) is 6.92 Å². The molecule has 1 aromatic carbocycles. The summed E-state index contributed by atoms with van der Waals surface area (Å²) in [5.74, 6) is 0.123. The lowest BCUT2D eigenvalue weighted by Crippen LogP contribution is -1.95. The lowest BCUT2D eigenvalue weighted by atomic mass is 10.2. The van der Waals surface area contributed by atoms with Crippen molar-refractivity contribution >= 4 is 6.21 Å². The number of benzene rings is 1. The Hall–Kier alpha value is -1.82. The van der Waals surface area contributed by atoms with Crippen LogP contribution in [0, 0.1) is 17.2 Å². The van der Waals surface area contributed by atoms with Crippen LogP contribution in [0.2, 0.25) is 0 Å². The lowest BCUT2D eigenvalue weighted by molar-refractivity contribution is 0.474. The van der Waals surface area contributed by atoms with Crippen LogP contribution in [0.1, 0.15) is 12.5 Å². The molecule has 14 heavy (non-hydrogen) atoms. The number of para-hydroxylation sites is 1. The quantitative estimate of drug-likeness (QED) is 0.737. The van der Waals surface area contributed by atoms with Crippen molar-refractivity contribution < 1.29 is 5.11 Å². The normalized spacial score (nSPS) is 12.6. The average molecular weight is 188 g/mol. The van der Waals surface area contributed by atoms with Gasteiger partial charge in [0.15, 0.2) is 0 Å². The second kappa shape index (κ2) is 5.03. The molecule has 0 saturated heterocycles. The highest BCUT2D eigenvalue weighted by atomic mass is 16.3. The summed E-state index contributed by atoms with van der Waals surface area (Å²) in [6, 6.07) is 9.05. The number of hydrogen-bond donors (Lipinski definition) is 1. The van der Waals surface area contributed by atoms with Crippen molar-refractivity contribution in [3.05, 3.63) is 29.8 Å². The zero-order chi connectivity index (χ0) is 10.4. The fraction of sp³-hybridized carbons (Fsp3) is 0.273. The van der Waals surface area contributed by atoms with Crippen LogP contribution in [0.25, 0.3) is 0 Å². The lowest BCUT2D eigenvalue weighted by Gasteiger charge is -1.97. The number of nitriles is 1. The van der Waals surface area contributed by atoms with Crippen molar-refractivity contribution in [1.82, 2.24) is 0 Å². The third-order valence-electron chi connectivity index (χ3n) is 1.77. The number of nitrogens with zero attached hydrogens (tertiary/aromatic N) is 2. The van der Waals surface area contributed by atoms with Crippen LogP contribution in [0.3, 0.4) is 0 Å². The van der Waals surface area contributed by atoms with E-state index in [1.54, 1.807) is 24.4 Å². The van der Waals surface area contributed by atoms with Crippen LogP contribution in [0.15, 0.2) is 29.3 Å². The molecule has 1 rings (SSSR count). The zero-order valence-corrected chi connectivity index (χ0v) is 8.01. The van der Waals surface area contributed by atoms with E-state index in [0.29, 0.717) is 12.1 Å². The predicted octanol–water partition coefficient (Wildman–Crippen LogP) is 1.97. The Morgan fingerprint density at radius 3 is 2.93 bits per heavy atom. The molecule has 0 aliphatic heterocycles. The van der Waals surface area contributed by atoms with Crippen LogP contribution < -0.4 is 0 Å². The third-order valence-corrected chi connectivity index (χ3v) is 1.77. The molecule has 0 aromatic heterocycles. The molecule has 1 N–H and O–H groups in total. The van der Waals surface area contributed by atoms with Gasteiger partial charge in [-0.1, -0.05) is 12.1 Å². The summed E-state index contributed by atoms with van der Waals surface area (Å²) < 4.78 is 0. The van der Waals surface area contributed by atoms with Gasteiger partial charge in [0.2, 0.25) is 0 Å². The summed E-state index contributed by atoms with van der Waals surface area (Å²) in [5.41, 5.74) is 0.678. The van der Waals surface area contributed by atoms with Gasteiger partial charge in [-0.2, -0.15) is 5.26 Å². The van der Waals surface area contributed by atoms with Crippen molar-refractivity contribution in [1.29, 1.82) is 5.26 Å². The van der Waals surface area contributed by atoms with Gasteiger partial charge in [0.05, 0.1) is 18.5 Å². The number of aromatic hydroxyl groups is 1. The van der Waals surface area contributed by atoms with Gasteiger partial charge in [-0.25, -0.2) is 0 Å². The Morgan fingerprint density at radius 2 is 2.29 bits per heavy atom. The molecule has 0 bridgehead atoms. The van der Waals surface area contributed by atoms with Gasteiger partial charge in [-0.05, 0) is 19.1 Å². The van der Waals surface area contributed by atoms with E-state index < -0.39 is 0 Å². The molecule has 1 atom stereocenters. The van der Waals surface area contributed by atoms with Gasteiger partial charge in [-0.15, -0.1) is 0 Å². The van der Waals surface area contributed by atoms with Crippen molar-refractivity contribution in [2.24, 2.45) is 10.9 Å². The highest BCUT2D eigenvalue weighted by molar-refractivity contribution is 5.83. The molecule has 3 heteroatoms. The Morgan fingerprint density at radius 1 is 1.57 bits per heavy atom. The van der Waals surface area contributed by atoms with Crippen LogP contribution in [0.5, 0.6) is 5.75 Å². The van der Waals surface area contributed by atoms with Crippen molar-refractivity contribution in [3.8, 4) is 11.8 Å². The molecule has 0 heterocycles. The molecule has 0 fully saturated rings. The first-order valence-electron chi connectivity index (χ1n) is 4.41. The number of phenols is 1. The fourth-order valence-electron chi connectivity index (χ4n) is 0.947. The monoisotopic (exact) mass is 188 g/mol. The van der Waals surface area contributed by atoms with Crippen molar-refractivity contribution in [2.75, 3.05) is 6.54 Å². The molecule has 0 radical (unpaired) electrons. The Kier molecular flexibility index (Phi) is 3.69. The molecule has 1 unspecified atom stereocenters. The standard InChI is InChI=1S/C11H12N2O/c1-9(6-12)7-13-8-10-4-2-3-5-11(10)14/h2-5,8-9,14H,7H2,1H3. The summed E-state index contributed by atoms with van der Waals surface area (Å²) in [6.07, 6.45) is 1.59. The Bertz CT molecular complexity index is 366. The van der Waals surface area contributed by atoms with Crippen molar-refractivity contribution in [3.63, 3.8) is 0 Å². The van der Waals surface area contributed by atoms with E-state index in [2.05, 4.69) is 11.1 Å². The summed E-state index contributed by atoms with van der Waals surface area (Å²) in [4.78, 5) is 4.07. The average Bonchev–Trinajstić information content (AvgIpc) is 2.20. The molecule has 72 valence electrons. The van der Waals surface area contributed by atoms with E-state index >= 15 is 0 Å². The minimum atomic E-state index is -0.0860. The highest BCUT2D eigenvalue weighted by Gasteiger charge is 1.97. The molecule has 0 saturated carbocycles.